The third-order valence-corrected chi connectivity index (χ3v) is 2.78. The van der Waals surface area contributed by atoms with Crippen LogP contribution in [0.1, 0.15) is 25.8 Å². The molecule has 0 heterocycles. The van der Waals surface area contributed by atoms with Crippen LogP contribution in [0.4, 0.5) is 5.69 Å². The number of hydrogen-bond donors (Lipinski definition) is 1. The number of anilines is 1. The maximum absolute atomic E-state index is 8.87. The van der Waals surface area contributed by atoms with Crippen LogP contribution >= 0.6 is 11.6 Å². The molecule has 0 aliphatic rings. The average molecular weight is 248 g/mol. The van der Waals surface area contributed by atoms with Gasteiger partial charge in [-0.25, -0.2) is 0 Å². The maximum atomic E-state index is 8.87. The highest BCUT2D eigenvalue weighted by Gasteiger charge is 2.15. The van der Waals surface area contributed by atoms with Gasteiger partial charge in [0, 0.05) is 12.2 Å². The first kappa shape index (κ1) is 13.4. The smallest absolute Gasteiger partial charge is 0.101 e. The molecule has 4 heteroatoms. The fraction of sp³-hybridized carbons (Fsp3) is 0.385. The van der Waals surface area contributed by atoms with Gasteiger partial charge in [-0.1, -0.05) is 11.6 Å². The second-order valence-electron chi connectivity index (χ2n) is 4.48. The molecule has 0 aliphatic heterocycles. The molecule has 1 aromatic carbocycles. The Morgan fingerprint density at radius 3 is 2.59 bits per heavy atom. The van der Waals surface area contributed by atoms with Crippen molar-refractivity contribution in [2.45, 2.75) is 20.3 Å². The lowest BCUT2D eigenvalue weighted by atomic mass is 9.91. The standard InChI is InChI=1S/C13H14ClN3/c1-13(2,9-16)5-6-17-11-4-3-10(8-15)12(14)7-11/h3-4,7,17H,5-6H2,1-2H3. The normalized spacial score (nSPS) is 10.4. The number of benzene rings is 1. The molecule has 1 N–H and O–H groups in total. The number of halogens is 1. The predicted octanol–water partition coefficient (Wildman–Crippen LogP) is 3.56. The fourth-order valence-corrected chi connectivity index (χ4v) is 1.51. The van der Waals surface area contributed by atoms with Crippen LogP contribution in [0.3, 0.4) is 0 Å². The molecule has 0 unspecified atom stereocenters. The van der Waals surface area contributed by atoms with Gasteiger partial charge < -0.3 is 5.32 Å². The molecule has 0 aliphatic carbocycles. The minimum Gasteiger partial charge on any atom is -0.385 e. The van der Waals surface area contributed by atoms with Crippen molar-refractivity contribution in [1.29, 1.82) is 10.5 Å². The summed E-state index contributed by atoms with van der Waals surface area (Å²) >= 11 is 5.91. The van der Waals surface area contributed by atoms with Crippen LogP contribution in [0.5, 0.6) is 0 Å². The van der Waals surface area contributed by atoms with Gasteiger partial charge in [-0.2, -0.15) is 10.5 Å². The molecule has 0 saturated carbocycles. The molecule has 3 nitrogen and oxygen atoms in total. The molecule has 0 bridgehead atoms. The van der Waals surface area contributed by atoms with E-state index < -0.39 is 0 Å². The first-order chi connectivity index (χ1) is 7.98. The first-order valence-electron chi connectivity index (χ1n) is 5.33. The molecule has 1 rings (SSSR count). The minimum absolute atomic E-state index is 0.330. The summed E-state index contributed by atoms with van der Waals surface area (Å²) in [4.78, 5) is 0. The number of nitrogens with zero attached hydrogens (tertiary/aromatic N) is 2. The number of rotatable bonds is 4. The van der Waals surface area contributed by atoms with E-state index in [-0.39, 0.29) is 5.41 Å². The van der Waals surface area contributed by atoms with Gasteiger partial charge in [-0.05, 0) is 38.5 Å². The second kappa shape index (κ2) is 5.57. The van der Waals surface area contributed by atoms with Crippen molar-refractivity contribution in [1.82, 2.24) is 0 Å². The van der Waals surface area contributed by atoms with Crippen molar-refractivity contribution >= 4 is 17.3 Å². The quantitative estimate of drug-likeness (QED) is 0.885. The molecule has 88 valence electrons. The SMILES string of the molecule is CC(C)(C#N)CCNc1ccc(C#N)c(Cl)c1. The van der Waals surface area contributed by atoms with Gasteiger partial charge in [0.15, 0.2) is 0 Å². The third-order valence-electron chi connectivity index (χ3n) is 2.47. The van der Waals surface area contributed by atoms with E-state index >= 15 is 0 Å². The Labute approximate surface area is 107 Å². The fourth-order valence-electron chi connectivity index (χ4n) is 1.29. The Morgan fingerprint density at radius 1 is 1.35 bits per heavy atom. The van der Waals surface area contributed by atoms with Crippen LogP contribution in [0.2, 0.25) is 5.02 Å². The molecule has 0 spiro atoms. The van der Waals surface area contributed by atoms with E-state index in [1.54, 1.807) is 12.1 Å². The van der Waals surface area contributed by atoms with E-state index in [1.807, 2.05) is 26.0 Å². The van der Waals surface area contributed by atoms with Crippen molar-refractivity contribution in [3.8, 4) is 12.1 Å². The maximum Gasteiger partial charge on any atom is 0.101 e. The third kappa shape index (κ3) is 3.98. The highest BCUT2D eigenvalue weighted by atomic mass is 35.5. The lowest BCUT2D eigenvalue weighted by Gasteiger charge is -2.15. The van der Waals surface area contributed by atoms with Gasteiger partial charge in [-0.3, -0.25) is 0 Å². The minimum atomic E-state index is -0.330. The molecular formula is C13H14ClN3. The summed E-state index contributed by atoms with van der Waals surface area (Å²) in [6, 6.07) is 9.47. The highest BCUT2D eigenvalue weighted by molar-refractivity contribution is 6.32. The Bertz CT molecular complexity index is 480. The lowest BCUT2D eigenvalue weighted by Crippen LogP contribution is -2.14. The van der Waals surface area contributed by atoms with Gasteiger partial charge in [0.05, 0.1) is 22.1 Å². The molecule has 17 heavy (non-hydrogen) atoms. The van der Waals surface area contributed by atoms with Crippen LogP contribution in [0.25, 0.3) is 0 Å². The van der Waals surface area contributed by atoms with Crippen LogP contribution in [0.15, 0.2) is 18.2 Å². The second-order valence-corrected chi connectivity index (χ2v) is 4.89. The van der Waals surface area contributed by atoms with Gasteiger partial charge >= 0.3 is 0 Å². The van der Waals surface area contributed by atoms with Crippen molar-refractivity contribution in [2.75, 3.05) is 11.9 Å². The van der Waals surface area contributed by atoms with E-state index in [1.165, 1.54) is 0 Å². The van der Waals surface area contributed by atoms with Crippen molar-refractivity contribution in [3.63, 3.8) is 0 Å². The molecule has 1 aromatic rings. The summed E-state index contributed by atoms with van der Waals surface area (Å²) in [7, 11) is 0. The summed E-state index contributed by atoms with van der Waals surface area (Å²) in [5.41, 5.74) is 1.00. The van der Waals surface area contributed by atoms with Crippen molar-refractivity contribution < 1.29 is 0 Å². The molecule has 0 atom stereocenters. The summed E-state index contributed by atoms with van der Waals surface area (Å²) in [6.07, 6.45) is 0.751. The van der Waals surface area contributed by atoms with E-state index in [9.17, 15) is 0 Å². The topological polar surface area (TPSA) is 59.6 Å². The summed E-state index contributed by atoms with van der Waals surface area (Å²) < 4.78 is 0. The van der Waals surface area contributed by atoms with E-state index in [0.717, 1.165) is 12.1 Å². The first-order valence-corrected chi connectivity index (χ1v) is 5.71. The lowest BCUT2D eigenvalue weighted by molar-refractivity contribution is 0.466. The predicted molar refractivity (Wildman–Crippen MR) is 68.7 cm³/mol. The molecule has 0 amide bonds. The summed E-state index contributed by atoms with van der Waals surface area (Å²) in [5, 5.41) is 21.2. The van der Waals surface area contributed by atoms with Crippen molar-refractivity contribution in [2.24, 2.45) is 5.41 Å². The zero-order valence-electron chi connectivity index (χ0n) is 9.92. The van der Waals surface area contributed by atoms with E-state index in [0.29, 0.717) is 17.1 Å². The Balaban J connectivity index is 2.58. The highest BCUT2D eigenvalue weighted by Crippen LogP contribution is 2.22. The number of nitriles is 2. The van der Waals surface area contributed by atoms with E-state index in [4.69, 9.17) is 22.1 Å². The van der Waals surface area contributed by atoms with Gasteiger partial charge in [-0.15, -0.1) is 0 Å². The monoisotopic (exact) mass is 247 g/mol. The average Bonchev–Trinajstić information content (AvgIpc) is 2.29. The Morgan fingerprint density at radius 2 is 2.06 bits per heavy atom. The van der Waals surface area contributed by atoms with Gasteiger partial charge in [0.2, 0.25) is 0 Å². The Hall–Kier alpha value is -1.71. The summed E-state index contributed by atoms with van der Waals surface area (Å²) in [5.74, 6) is 0. The molecule has 0 fully saturated rings. The van der Waals surface area contributed by atoms with Crippen LogP contribution in [0, 0.1) is 28.1 Å². The largest absolute Gasteiger partial charge is 0.385 e. The van der Waals surface area contributed by atoms with Crippen LogP contribution in [-0.2, 0) is 0 Å². The number of hydrogen-bond acceptors (Lipinski definition) is 3. The Kier molecular flexibility index (Phi) is 4.37. The van der Waals surface area contributed by atoms with Crippen LogP contribution in [-0.4, -0.2) is 6.54 Å². The molecule has 0 aromatic heterocycles. The zero-order chi connectivity index (χ0) is 12.9. The molecule has 0 saturated heterocycles. The van der Waals surface area contributed by atoms with Crippen LogP contribution < -0.4 is 5.32 Å². The van der Waals surface area contributed by atoms with E-state index in [2.05, 4.69) is 11.4 Å². The molecular weight excluding hydrogens is 234 g/mol. The summed E-state index contributed by atoms with van der Waals surface area (Å²) in [6.45, 7) is 4.50. The van der Waals surface area contributed by atoms with Crippen molar-refractivity contribution in [3.05, 3.63) is 28.8 Å². The van der Waals surface area contributed by atoms with Gasteiger partial charge in [0.25, 0.3) is 0 Å². The zero-order valence-corrected chi connectivity index (χ0v) is 10.7. The van der Waals surface area contributed by atoms with Gasteiger partial charge in [0.1, 0.15) is 6.07 Å². The number of nitrogens with one attached hydrogen (secondary N) is 1. The molecule has 0 radical (unpaired) electrons.